The van der Waals surface area contributed by atoms with Crippen LogP contribution in [-0.4, -0.2) is 134 Å². The summed E-state index contributed by atoms with van der Waals surface area (Å²) in [6.07, 6.45) is 7.16. The molecule has 4 rings (SSSR count). The van der Waals surface area contributed by atoms with Crippen molar-refractivity contribution in [2.75, 3.05) is 78.3 Å². The van der Waals surface area contributed by atoms with Gasteiger partial charge in [-0.1, -0.05) is 25.1 Å². The molecule has 3 aliphatic rings. The van der Waals surface area contributed by atoms with Gasteiger partial charge in [-0.2, -0.15) is 0 Å². The van der Waals surface area contributed by atoms with Crippen LogP contribution in [0.15, 0.2) is 24.3 Å². The molecule has 228 valence electrons. The van der Waals surface area contributed by atoms with E-state index in [0.717, 1.165) is 102 Å². The van der Waals surface area contributed by atoms with Crippen molar-refractivity contribution < 1.29 is 14.4 Å². The van der Waals surface area contributed by atoms with Crippen molar-refractivity contribution in [1.29, 1.82) is 0 Å². The maximum Gasteiger partial charge on any atom is 0.318 e. The van der Waals surface area contributed by atoms with Gasteiger partial charge < -0.3 is 30.2 Å². The van der Waals surface area contributed by atoms with E-state index in [4.69, 9.17) is 0 Å². The molecule has 1 unspecified atom stereocenters. The molecule has 3 fully saturated rings. The molecule has 41 heavy (non-hydrogen) atoms. The third-order valence-corrected chi connectivity index (χ3v) is 9.41. The molecule has 0 aromatic heterocycles. The molecule has 10 nitrogen and oxygen atoms in total. The molecule has 3 aliphatic heterocycles. The second kappa shape index (κ2) is 15.5. The summed E-state index contributed by atoms with van der Waals surface area (Å²) in [5.74, 6) is 0.0684. The first-order chi connectivity index (χ1) is 19.9. The summed E-state index contributed by atoms with van der Waals surface area (Å²) < 4.78 is 0. The van der Waals surface area contributed by atoms with Gasteiger partial charge in [0.05, 0.1) is 0 Å². The standard InChI is InChI=1S/C31H51N7O3/c1-4-28(30(40)37-15-7-9-27(14-17-37)36-22-20-34(2)21-23-36)33-31(41)38-18-12-26(13-19-38)35(3)16-11-25-8-5-6-10-29(25)32-24-39/h5-6,8,10,24,26-28H,4,7,9,11-23H2,1-3H3,(H,32,39)(H,33,41)/t27?,28-/m1/s1. The number of anilines is 1. The Balaban J connectivity index is 1.20. The van der Waals surface area contributed by atoms with Crippen molar-refractivity contribution in [1.82, 2.24) is 29.8 Å². The molecule has 0 radical (unpaired) electrons. The van der Waals surface area contributed by atoms with Crippen molar-refractivity contribution in [2.45, 2.75) is 70.0 Å². The number of likely N-dealkylation sites (N-methyl/N-ethyl adjacent to an activating group) is 2. The average molecular weight is 570 g/mol. The molecule has 0 spiro atoms. The predicted octanol–water partition coefficient (Wildman–Crippen LogP) is 2.31. The number of nitrogens with zero attached hydrogens (tertiary/aromatic N) is 5. The monoisotopic (exact) mass is 569 g/mol. The number of carbonyl (C=O) groups excluding carboxylic acids is 3. The first-order valence-electron chi connectivity index (χ1n) is 15.6. The van der Waals surface area contributed by atoms with Crippen molar-refractivity contribution in [3.63, 3.8) is 0 Å². The van der Waals surface area contributed by atoms with E-state index in [-0.39, 0.29) is 11.9 Å². The zero-order valence-electron chi connectivity index (χ0n) is 25.4. The van der Waals surface area contributed by atoms with Crippen molar-refractivity contribution in [3.8, 4) is 0 Å². The zero-order valence-corrected chi connectivity index (χ0v) is 25.4. The van der Waals surface area contributed by atoms with Gasteiger partial charge in [0.15, 0.2) is 0 Å². The Morgan fingerprint density at radius 3 is 2.39 bits per heavy atom. The minimum absolute atomic E-state index is 0.0684. The number of carbonyl (C=O) groups is 3. The number of amides is 4. The molecule has 1 aromatic rings. The Morgan fingerprint density at radius 1 is 0.976 bits per heavy atom. The smallest absolute Gasteiger partial charge is 0.318 e. The van der Waals surface area contributed by atoms with Crippen LogP contribution in [0, 0.1) is 0 Å². The molecule has 3 heterocycles. The third-order valence-electron chi connectivity index (χ3n) is 9.41. The number of piperazine rings is 1. The van der Waals surface area contributed by atoms with Crippen LogP contribution in [0.1, 0.15) is 51.0 Å². The van der Waals surface area contributed by atoms with Crippen LogP contribution in [0.4, 0.5) is 10.5 Å². The zero-order chi connectivity index (χ0) is 29.2. The molecule has 0 bridgehead atoms. The van der Waals surface area contributed by atoms with Gasteiger partial charge in [0.2, 0.25) is 12.3 Å². The number of para-hydroxylation sites is 1. The van der Waals surface area contributed by atoms with Gasteiger partial charge in [-0.05, 0) is 70.7 Å². The minimum Gasteiger partial charge on any atom is -0.341 e. The molecular formula is C31H51N7O3. The topological polar surface area (TPSA) is 91.5 Å². The molecule has 1 aromatic carbocycles. The lowest BCUT2D eigenvalue weighted by Crippen LogP contribution is -2.54. The number of urea groups is 1. The molecule has 3 saturated heterocycles. The average Bonchev–Trinajstić information content (AvgIpc) is 3.26. The molecule has 0 aliphatic carbocycles. The Hall–Kier alpha value is -2.69. The number of benzene rings is 1. The quantitative estimate of drug-likeness (QED) is 0.421. The van der Waals surface area contributed by atoms with E-state index in [1.165, 1.54) is 0 Å². The largest absolute Gasteiger partial charge is 0.341 e. The van der Waals surface area contributed by atoms with E-state index in [1.807, 2.05) is 34.9 Å². The lowest BCUT2D eigenvalue weighted by molar-refractivity contribution is -0.133. The van der Waals surface area contributed by atoms with Crippen LogP contribution in [0.2, 0.25) is 0 Å². The maximum absolute atomic E-state index is 13.5. The third kappa shape index (κ3) is 8.66. The number of rotatable bonds is 10. The van der Waals surface area contributed by atoms with Crippen molar-refractivity contribution in [3.05, 3.63) is 29.8 Å². The summed E-state index contributed by atoms with van der Waals surface area (Å²) >= 11 is 0. The van der Waals surface area contributed by atoms with Gasteiger partial charge >= 0.3 is 6.03 Å². The lowest BCUT2D eigenvalue weighted by atomic mass is 10.0. The molecule has 0 saturated carbocycles. The normalized spacial score (nSPS) is 22.3. The summed E-state index contributed by atoms with van der Waals surface area (Å²) in [6, 6.07) is 8.26. The van der Waals surface area contributed by atoms with Crippen molar-refractivity contribution >= 4 is 24.0 Å². The van der Waals surface area contributed by atoms with Crippen LogP contribution in [0.25, 0.3) is 0 Å². The van der Waals surface area contributed by atoms with E-state index >= 15 is 0 Å². The van der Waals surface area contributed by atoms with Gasteiger partial charge in [0.25, 0.3) is 0 Å². The van der Waals surface area contributed by atoms with Gasteiger partial charge in [-0.25, -0.2) is 4.79 Å². The van der Waals surface area contributed by atoms with E-state index < -0.39 is 6.04 Å². The number of piperidine rings is 1. The van der Waals surface area contributed by atoms with E-state index in [2.05, 4.69) is 45.5 Å². The number of hydrogen-bond donors (Lipinski definition) is 2. The summed E-state index contributed by atoms with van der Waals surface area (Å²) in [5, 5.41) is 5.86. The highest BCUT2D eigenvalue weighted by atomic mass is 16.2. The first kappa shape index (κ1) is 31.3. The van der Waals surface area contributed by atoms with E-state index in [1.54, 1.807) is 0 Å². The number of hydrogen-bond acceptors (Lipinski definition) is 6. The van der Waals surface area contributed by atoms with Crippen LogP contribution in [0.3, 0.4) is 0 Å². The SMILES string of the molecule is CC[C@@H](NC(=O)N1CCC(N(C)CCc2ccccc2NC=O)CC1)C(=O)N1CCCC(N2CCN(C)CC2)CC1. The summed E-state index contributed by atoms with van der Waals surface area (Å²) in [6.45, 7) is 10.2. The van der Waals surface area contributed by atoms with Gasteiger partial charge in [0.1, 0.15) is 6.04 Å². The fraction of sp³-hybridized carbons (Fsp3) is 0.710. The Bertz CT molecular complexity index is 992. The highest BCUT2D eigenvalue weighted by molar-refractivity contribution is 5.87. The summed E-state index contributed by atoms with van der Waals surface area (Å²) in [7, 11) is 4.32. The maximum atomic E-state index is 13.5. The molecular weight excluding hydrogens is 518 g/mol. The molecule has 2 N–H and O–H groups in total. The number of nitrogens with one attached hydrogen (secondary N) is 2. The number of likely N-dealkylation sites (tertiary alicyclic amines) is 2. The van der Waals surface area contributed by atoms with Crippen LogP contribution in [0.5, 0.6) is 0 Å². The Labute approximate surface area is 246 Å². The van der Waals surface area contributed by atoms with E-state index in [9.17, 15) is 14.4 Å². The van der Waals surface area contributed by atoms with Gasteiger partial charge in [-0.15, -0.1) is 0 Å². The molecule has 2 atom stereocenters. The van der Waals surface area contributed by atoms with Crippen LogP contribution in [-0.2, 0) is 16.0 Å². The van der Waals surface area contributed by atoms with Crippen LogP contribution >= 0.6 is 0 Å². The Morgan fingerprint density at radius 2 is 1.68 bits per heavy atom. The summed E-state index contributed by atoms with van der Waals surface area (Å²) in [5.41, 5.74) is 1.98. The highest BCUT2D eigenvalue weighted by Crippen LogP contribution is 2.21. The fourth-order valence-electron chi connectivity index (χ4n) is 6.58. The summed E-state index contributed by atoms with van der Waals surface area (Å²) in [4.78, 5) is 48.8. The molecule has 4 amide bonds. The van der Waals surface area contributed by atoms with Crippen LogP contribution < -0.4 is 10.6 Å². The van der Waals surface area contributed by atoms with Gasteiger partial charge in [-0.3, -0.25) is 14.5 Å². The second-order valence-corrected chi connectivity index (χ2v) is 12.0. The van der Waals surface area contributed by atoms with E-state index in [0.29, 0.717) is 31.6 Å². The highest BCUT2D eigenvalue weighted by Gasteiger charge is 2.32. The lowest BCUT2D eigenvalue weighted by Gasteiger charge is -2.38. The van der Waals surface area contributed by atoms with Gasteiger partial charge in [0, 0.05) is 76.7 Å². The van der Waals surface area contributed by atoms with Crippen molar-refractivity contribution in [2.24, 2.45) is 0 Å². The fourth-order valence-corrected chi connectivity index (χ4v) is 6.58. The minimum atomic E-state index is -0.469. The predicted molar refractivity (Wildman–Crippen MR) is 163 cm³/mol. The first-order valence-corrected chi connectivity index (χ1v) is 15.6. The second-order valence-electron chi connectivity index (χ2n) is 12.0. The molecule has 10 heteroatoms. The Kier molecular flexibility index (Phi) is 11.8.